The first-order chi connectivity index (χ1) is 11.7. The molecule has 1 atom stereocenters. The van der Waals surface area contributed by atoms with Gasteiger partial charge in [0.05, 0.1) is 5.92 Å². The first kappa shape index (κ1) is 16.1. The maximum atomic E-state index is 12.3. The fourth-order valence-electron chi connectivity index (χ4n) is 2.75. The van der Waals surface area contributed by atoms with Gasteiger partial charge in [0.15, 0.2) is 0 Å². The summed E-state index contributed by atoms with van der Waals surface area (Å²) in [5, 5.41) is 5.52. The predicted octanol–water partition coefficient (Wildman–Crippen LogP) is 1.91. The second-order valence-electron chi connectivity index (χ2n) is 5.81. The lowest BCUT2D eigenvalue weighted by Gasteiger charge is -2.24. The molecular weight excluding hydrogens is 304 g/mol. The first-order valence-corrected chi connectivity index (χ1v) is 7.97. The molecule has 124 valence electrons. The van der Waals surface area contributed by atoms with Crippen LogP contribution in [-0.4, -0.2) is 25.5 Å². The summed E-state index contributed by atoms with van der Waals surface area (Å²) in [6.45, 7) is 0.837. The number of rotatable bonds is 4. The van der Waals surface area contributed by atoms with Crippen molar-refractivity contribution in [2.75, 3.05) is 13.7 Å². The van der Waals surface area contributed by atoms with Crippen LogP contribution < -0.4 is 15.4 Å². The van der Waals surface area contributed by atoms with E-state index in [2.05, 4.69) is 10.6 Å². The molecule has 2 aromatic rings. The molecule has 0 fully saturated rings. The van der Waals surface area contributed by atoms with Crippen LogP contribution in [0, 0.1) is 5.92 Å². The number of ether oxygens (including phenoxy) is 1. The van der Waals surface area contributed by atoms with E-state index >= 15 is 0 Å². The third-order valence-electron chi connectivity index (χ3n) is 4.16. The quantitative estimate of drug-likeness (QED) is 0.903. The Morgan fingerprint density at radius 2 is 1.88 bits per heavy atom. The minimum absolute atomic E-state index is 0.0140. The summed E-state index contributed by atoms with van der Waals surface area (Å²) in [5.41, 5.74) is 2.62. The first-order valence-electron chi connectivity index (χ1n) is 7.97. The Balaban J connectivity index is 1.55. The van der Waals surface area contributed by atoms with Gasteiger partial charge in [-0.05, 0) is 35.7 Å². The van der Waals surface area contributed by atoms with Crippen molar-refractivity contribution in [3.8, 4) is 5.75 Å². The van der Waals surface area contributed by atoms with Crippen LogP contribution in [0.25, 0.3) is 0 Å². The van der Waals surface area contributed by atoms with Crippen LogP contribution in [0.3, 0.4) is 0 Å². The van der Waals surface area contributed by atoms with Crippen molar-refractivity contribution >= 4 is 11.8 Å². The van der Waals surface area contributed by atoms with Crippen molar-refractivity contribution in [3.05, 3.63) is 65.2 Å². The molecule has 24 heavy (non-hydrogen) atoms. The number of para-hydroxylation sites is 1. The lowest BCUT2D eigenvalue weighted by molar-refractivity contribution is -0.126. The zero-order valence-corrected chi connectivity index (χ0v) is 13.5. The molecule has 0 saturated heterocycles. The molecule has 2 N–H and O–H groups in total. The van der Waals surface area contributed by atoms with Crippen molar-refractivity contribution in [2.24, 2.45) is 5.92 Å². The van der Waals surface area contributed by atoms with Gasteiger partial charge in [0.1, 0.15) is 12.4 Å². The van der Waals surface area contributed by atoms with E-state index in [1.165, 1.54) is 0 Å². The Bertz CT molecular complexity index is 741. The number of carbonyl (C=O) groups excluding carboxylic acids is 2. The Morgan fingerprint density at radius 1 is 1.12 bits per heavy atom. The monoisotopic (exact) mass is 324 g/mol. The van der Waals surface area contributed by atoms with Crippen LogP contribution in [0.5, 0.6) is 5.75 Å². The molecule has 0 aromatic heterocycles. The van der Waals surface area contributed by atoms with E-state index in [1.807, 2.05) is 36.4 Å². The topological polar surface area (TPSA) is 67.4 Å². The van der Waals surface area contributed by atoms with Crippen LogP contribution in [0.15, 0.2) is 48.5 Å². The zero-order chi connectivity index (χ0) is 16.9. The molecule has 0 radical (unpaired) electrons. The van der Waals surface area contributed by atoms with Crippen molar-refractivity contribution < 1.29 is 14.3 Å². The fourth-order valence-corrected chi connectivity index (χ4v) is 2.75. The van der Waals surface area contributed by atoms with Crippen molar-refractivity contribution in [3.63, 3.8) is 0 Å². The molecule has 1 aliphatic heterocycles. The van der Waals surface area contributed by atoms with Crippen LogP contribution in [0.1, 0.15) is 21.5 Å². The molecule has 5 nitrogen and oxygen atoms in total. The molecule has 0 spiro atoms. The molecule has 1 aliphatic rings. The largest absolute Gasteiger partial charge is 0.492 e. The van der Waals surface area contributed by atoms with Crippen LogP contribution in [0.2, 0.25) is 0 Å². The van der Waals surface area contributed by atoms with Crippen molar-refractivity contribution in [2.45, 2.75) is 13.0 Å². The summed E-state index contributed by atoms with van der Waals surface area (Å²) >= 11 is 0. The maximum absolute atomic E-state index is 12.3. The predicted molar refractivity (Wildman–Crippen MR) is 90.8 cm³/mol. The molecule has 2 aromatic carbocycles. The van der Waals surface area contributed by atoms with Gasteiger partial charge in [-0.2, -0.15) is 0 Å². The summed E-state index contributed by atoms with van der Waals surface area (Å²) in [5.74, 6) is 0.555. The Labute approximate surface area is 141 Å². The normalized spacial score (nSPS) is 15.8. The fraction of sp³-hybridized carbons (Fsp3) is 0.263. The molecule has 0 saturated carbocycles. The molecule has 3 rings (SSSR count). The average molecular weight is 324 g/mol. The molecule has 1 heterocycles. The number of amides is 2. The van der Waals surface area contributed by atoms with Gasteiger partial charge >= 0.3 is 0 Å². The third kappa shape index (κ3) is 3.56. The summed E-state index contributed by atoms with van der Waals surface area (Å²) in [6.07, 6.45) is 0.692. The summed E-state index contributed by atoms with van der Waals surface area (Å²) in [4.78, 5) is 23.9. The Morgan fingerprint density at radius 3 is 2.62 bits per heavy atom. The van der Waals surface area contributed by atoms with Gasteiger partial charge in [0.2, 0.25) is 5.91 Å². The highest BCUT2D eigenvalue weighted by atomic mass is 16.5. The minimum atomic E-state index is -0.176. The molecule has 2 amide bonds. The summed E-state index contributed by atoms with van der Waals surface area (Å²) < 4.78 is 5.66. The summed E-state index contributed by atoms with van der Waals surface area (Å²) in [6, 6.07) is 15.0. The average Bonchev–Trinajstić information content (AvgIpc) is 2.65. The molecule has 1 unspecified atom stereocenters. The van der Waals surface area contributed by atoms with Gasteiger partial charge in [-0.3, -0.25) is 9.59 Å². The SMILES string of the molecule is CNC(=O)c1ccc(CNC(=O)C2COc3ccccc3C2)cc1. The van der Waals surface area contributed by atoms with Crippen LogP contribution in [0.4, 0.5) is 0 Å². The van der Waals surface area contributed by atoms with Crippen LogP contribution in [-0.2, 0) is 17.8 Å². The minimum Gasteiger partial charge on any atom is -0.492 e. The smallest absolute Gasteiger partial charge is 0.251 e. The zero-order valence-electron chi connectivity index (χ0n) is 13.5. The maximum Gasteiger partial charge on any atom is 0.251 e. The Kier molecular flexibility index (Phi) is 4.79. The standard InChI is InChI=1S/C19H20N2O3/c1-20-18(22)14-8-6-13(7-9-14)11-21-19(23)16-10-15-4-2-3-5-17(15)24-12-16/h2-9,16H,10-12H2,1H3,(H,20,22)(H,21,23). The number of carbonyl (C=O) groups is 2. The number of nitrogens with one attached hydrogen (secondary N) is 2. The lowest BCUT2D eigenvalue weighted by atomic mass is 9.96. The van der Waals surface area contributed by atoms with Crippen LogP contribution >= 0.6 is 0 Å². The highest BCUT2D eigenvalue weighted by Gasteiger charge is 2.25. The number of hydrogen-bond acceptors (Lipinski definition) is 3. The van der Waals surface area contributed by atoms with E-state index in [4.69, 9.17) is 4.74 Å². The highest BCUT2D eigenvalue weighted by Crippen LogP contribution is 2.26. The number of fused-ring (bicyclic) bond motifs is 1. The number of hydrogen-bond donors (Lipinski definition) is 2. The van der Waals surface area contributed by atoms with E-state index in [-0.39, 0.29) is 17.7 Å². The van der Waals surface area contributed by atoms with E-state index in [9.17, 15) is 9.59 Å². The molecule has 5 heteroatoms. The van der Waals surface area contributed by atoms with E-state index in [0.717, 1.165) is 16.9 Å². The Hall–Kier alpha value is -2.82. The highest BCUT2D eigenvalue weighted by molar-refractivity contribution is 5.93. The van der Waals surface area contributed by atoms with E-state index < -0.39 is 0 Å². The van der Waals surface area contributed by atoms with Gasteiger partial charge in [-0.15, -0.1) is 0 Å². The van der Waals surface area contributed by atoms with Gasteiger partial charge in [-0.1, -0.05) is 30.3 Å². The molecule has 0 aliphatic carbocycles. The van der Waals surface area contributed by atoms with Gasteiger partial charge in [-0.25, -0.2) is 0 Å². The van der Waals surface area contributed by atoms with Crippen molar-refractivity contribution in [1.29, 1.82) is 0 Å². The molecular formula is C19H20N2O3. The van der Waals surface area contributed by atoms with E-state index in [0.29, 0.717) is 25.1 Å². The second-order valence-corrected chi connectivity index (χ2v) is 5.81. The van der Waals surface area contributed by atoms with Gasteiger partial charge < -0.3 is 15.4 Å². The van der Waals surface area contributed by atoms with Crippen molar-refractivity contribution in [1.82, 2.24) is 10.6 Å². The summed E-state index contributed by atoms with van der Waals surface area (Å²) in [7, 11) is 1.60. The van der Waals surface area contributed by atoms with Gasteiger partial charge in [0, 0.05) is 19.2 Å². The van der Waals surface area contributed by atoms with Gasteiger partial charge in [0.25, 0.3) is 5.91 Å². The number of benzene rings is 2. The third-order valence-corrected chi connectivity index (χ3v) is 4.16. The second kappa shape index (κ2) is 7.17. The van der Waals surface area contributed by atoms with E-state index in [1.54, 1.807) is 19.2 Å². The molecule has 0 bridgehead atoms. The lowest BCUT2D eigenvalue weighted by Crippen LogP contribution is -2.37.